The van der Waals surface area contributed by atoms with E-state index in [2.05, 4.69) is 48.8 Å². The average molecular weight is 259 g/mol. The number of likely N-dealkylation sites (tertiary alicyclic amines) is 1. The summed E-state index contributed by atoms with van der Waals surface area (Å²) < 4.78 is 0. The van der Waals surface area contributed by atoms with Gasteiger partial charge in [0.1, 0.15) is 0 Å². The summed E-state index contributed by atoms with van der Waals surface area (Å²) in [5.41, 5.74) is 0. The molecule has 1 saturated heterocycles. The van der Waals surface area contributed by atoms with E-state index in [0.717, 1.165) is 12.5 Å². The summed E-state index contributed by atoms with van der Waals surface area (Å²) in [4.78, 5) is 2.59. The van der Waals surface area contributed by atoms with E-state index >= 15 is 0 Å². The molecule has 0 aliphatic carbocycles. The van der Waals surface area contributed by atoms with Gasteiger partial charge in [-0.1, -0.05) is 56.8 Å². The summed E-state index contributed by atoms with van der Waals surface area (Å²) >= 11 is 0. The van der Waals surface area contributed by atoms with Crippen LogP contribution >= 0.6 is 0 Å². The molecule has 0 aromatic heterocycles. The lowest BCUT2D eigenvalue weighted by molar-refractivity contribution is 0.257. The molecule has 1 aliphatic heterocycles. The Hall–Kier alpha value is -1.00. The Kier molecular flexibility index (Phi) is 9.19. The van der Waals surface area contributed by atoms with Crippen LogP contribution in [0.25, 0.3) is 0 Å². The molecule has 0 aromatic carbocycles. The fraction of sp³-hybridized carbons (Fsp3) is 0.667. The highest BCUT2D eigenvalue weighted by molar-refractivity contribution is 5.19. The van der Waals surface area contributed by atoms with Crippen molar-refractivity contribution in [3.05, 3.63) is 24.3 Å². The number of unbranched alkanes of at least 4 members (excludes halogenated alkanes) is 2. The maximum atomic E-state index is 3.26. The highest BCUT2D eigenvalue weighted by atomic mass is 15.2. The largest absolute Gasteiger partial charge is 0.301 e. The molecule has 1 rings (SSSR count). The summed E-state index contributed by atoms with van der Waals surface area (Å²) in [7, 11) is 0. The number of allylic oxidation sites excluding steroid dienone is 4. The summed E-state index contributed by atoms with van der Waals surface area (Å²) in [5, 5.41) is 0. The number of hydrogen-bond acceptors (Lipinski definition) is 1. The monoisotopic (exact) mass is 259 g/mol. The van der Waals surface area contributed by atoms with E-state index in [4.69, 9.17) is 0 Å². The first-order chi connectivity index (χ1) is 9.38. The van der Waals surface area contributed by atoms with E-state index < -0.39 is 0 Å². The van der Waals surface area contributed by atoms with E-state index in [9.17, 15) is 0 Å². The first-order valence-electron chi connectivity index (χ1n) is 7.92. The lowest BCUT2D eigenvalue weighted by Gasteiger charge is -2.21. The van der Waals surface area contributed by atoms with Gasteiger partial charge in [0.2, 0.25) is 0 Å². The molecule has 0 spiro atoms. The molecule has 1 unspecified atom stereocenters. The van der Waals surface area contributed by atoms with Gasteiger partial charge in [0.15, 0.2) is 0 Å². The zero-order valence-corrected chi connectivity index (χ0v) is 12.7. The van der Waals surface area contributed by atoms with Crippen LogP contribution in [0.15, 0.2) is 24.3 Å². The SMILES string of the molecule is CCCC/C=C/C=C/C#CCCC1CCCN1CC. The van der Waals surface area contributed by atoms with Gasteiger partial charge in [-0.2, -0.15) is 0 Å². The van der Waals surface area contributed by atoms with Crippen LogP contribution in [-0.2, 0) is 0 Å². The third-order valence-electron chi connectivity index (χ3n) is 3.76. The zero-order chi connectivity index (χ0) is 13.8. The van der Waals surface area contributed by atoms with Crippen molar-refractivity contribution in [3.63, 3.8) is 0 Å². The van der Waals surface area contributed by atoms with Gasteiger partial charge in [-0.05, 0) is 44.8 Å². The Labute approximate surface area is 119 Å². The van der Waals surface area contributed by atoms with Crippen LogP contribution in [0.3, 0.4) is 0 Å². The number of nitrogens with zero attached hydrogens (tertiary/aromatic N) is 1. The smallest absolute Gasteiger partial charge is 0.0107 e. The molecule has 1 heteroatoms. The second-order valence-electron chi connectivity index (χ2n) is 5.21. The van der Waals surface area contributed by atoms with Gasteiger partial charge in [-0.3, -0.25) is 0 Å². The van der Waals surface area contributed by atoms with Gasteiger partial charge in [-0.15, -0.1) is 0 Å². The van der Waals surface area contributed by atoms with Crippen LogP contribution in [0.4, 0.5) is 0 Å². The van der Waals surface area contributed by atoms with Gasteiger partial charge in [-0.25, -0.2) is 0 Å². The van der Waals surface area contributed by atoms with Crippen LogP contribution in [0.2, 0.25) is 0 Å². The molecular formula is C18H29N. The van der Waals surface area contributed by atoms with Crippen LogP contribution in [-0.4, -0.2) is 24.0 Å². The van der Waals surface area contributed by atoms with Gasteiger partial charge in [0.25, 0.3) is 0 Å². The summed E-state index contributed by atoms with van der Waals surface area (Å²) in [6.07, 6.45) is 17.1. The molecule has 1 heterocycles. The lowest BCUT2D eigenvalue weighted by Crippen LogP contribution is -2.28. The molecule has 0 bridgehead atoms. The van der Waals surface area contributed by atoms with E-state index in [1.165, 1.54) is 51.6 Å². The molecule has 19 heavy (non-hydrogen) atoms. The predicted molar refractivity (Wildman–Crippen MR) is 85.1 cm³/mol. The average Bonchev–Trinajstić information content (AvgIpc) is 2.88. The fourth-order valence-electron chi connectivity index (χ4n) is 2.61. The number of rotatable bonds is 7. The van der Waals surface area contributed by atoms with Crippen molar-refractivity contribution in [1.29, 1.82) is 0 Å². The van der Waals surface area contributed by atoms with Gasteiger partial charge < -0.3 is 4.90 Å². The van der Waals surface area contributed by atoms with Crippen molar-refractivity contribution >= 4 is 0 Å². The summed E-state index contributed by atoms with van der Waals surface area (Å²) in [6, 6.07) is 0.789. The van der Waals surface area contributed by atoms with E-state index in [1.54, 1.807) is 0 Å². The summed E-state index contributed by atoms with van der Waals surface area (Å²) in [6.45, 7) is 6.97. The minimum atomic E-state index is 0.789. The Morgan fingerprint density at radius 2 is 2.16 bits per heavy atom. The predicted octanol–water partition coefficient (Wildman–Crippen LogP) is 4.56. The second kappa shape index (κ2) is 10.9. The van der Waals surface area contributed by atoms with Crippen molar-refractivity contribution in [2.24, 2.45) is 0 Å². The molecule has 0 saturated carbocycles. The van der Waals surface area contributed by atoms with E-state index in [0.29, 0.717) is 0 Å². The maximum absolute atomic E-state index is 3.26. The highest BCUT2D eigenvalue weighted by Gasteiger charge is 2.21. The third kappa shape index (κ3) is 7.23. The third-order valence-corrected chi connectivity index (χ3v) is 3.76. The first-order valence-corrected chi connectivity index (χ1v) is 7.92. The van der Waals surface area contributed by atoms with Gasteiger partial charge in [0, 0.05) is 12.5 Å². The molecule has 0 amide bonds. The molecule has 106 valence electrons. The zero-order valence-electron chi connectivity index (χ0n) is 12.7. The lowest BCUT2D eigenvalue weighted by atomic mass is 10.1. The van der Waals surface area contributed by atoms with Gasteiger partial charge >= 0.3 is 0 Å². The highest BCUT2D eigenvalue weighted by Crippen LogP contribution is 2.20. The molecule has 0 radical (unpaired) electrons. The van der Waals surface area contributed by atoms with Crippen molar-refractivity contribution in [2.75, 3.05) is 13.1 Å². The van der Waals surface area contributed by atoms with Crippen molar-refractivity contribution in [3.8, 4) is 11.8 Å². The van der Waals surface area contributed by atoms with E-state index in [-0.39, 0.29) is 0 Å². The minimum Gasteiger partial charge on any atom is -0.301 e. The van der Waals surface area contributed by atoms with Gasteiger partial charge in [0.05, 0.1) is 0 Å². The van der Waals surface area contributed by atoms with Crippen LogP contribution in [0.1, 0.15) is 58.8 Å². The Balaban J connectivity index is 2.10. The maximum Gasteiger partial charge on any atom is 0.0107 e. The molecule has 1 aliphatic rings. The Bertz CT molecular complexity index is 329. The minimum absolute atomic E-state index is 0.789. The molecule has 0 N–H and O–H groups in total. The molecular weight excluding hydrogens is 230 g/mol. The summed E-state index contributed by atoms with van der Waals surface area (Å²) in [5.74, 6) is 6.39. The van der Waals surface area contributed by atoms with E-state index in [1.807, 2.05) is 6.08 Å². The standard InChI is InChI=1S/C18H29N/c1-3-5-6-7-8-9-10-11-12-13-15-18-16-14-17-19(18)4-2/h7-10,18H,3-6,13-17H2,1-2H3/b8-7+,10-9+. The molecule has 0 aromatic rings. The fourth-order valence-corrected chi connectivity index (χ4v) is 2.61. The van der Waals surface area contributed by atoms with Crippen LogP contribution in [0, 0.1) is 11.8 Å². The van der Waals surface area contributed by atoms with Crippen molar-refractivity contribution in [2.45, 2.75) is 64.8 Å². The normalized spacial score (nSPS) is 20.2. The van der Waals surface area contributed by atoms with Crippen LogP contribution < -0.4 is 0 Å². The quantitative estimate of drug-likeness (QED) is 0.368. The van der Waals surface area contributed by atoms with Crippen molar-refractivity contribution in [1.82, 2.24) is 4.90 Å². The van der Waals surface area contributed by atoms with Crippen molar-refractivity contribution < 1.29 is 0 Å². The van der Waals surface area contributed by atoms with Crippen LogP contribution in [0.5, 0.6) is 0 Å². The Morgan fingerprint density at radius 3 is 2.95 bits per heavy atom. The molecule has 1 nitrogen and oxygen atoms in total. The topological polar surface area (TPSA) is 3.24 Å². The first kappa shape index (κ1) is 16.1. The number of hydrogen-bond donors (Lipinski definition) is 0. The molecule has 1 fully saturated rings. The Morgan fingerprint density at radius 1 is 1.26 bits per heavy atom. The second-order valence-corrected chi connectivity index (χ2v) is 5.21. The molecule has 1 atom stereocenters.